The van der Waals surface area contributed by atoms with Crippen LogP contribution in [0.1, 0.15) is 57.5 Å². The minimum atomic E-state index is 0.616. The van der Waals surface area contributed by atoms with Crippen molar-refractivity contribution in [1.29, 1.82) is 0 Å². The summed E-state index contributed by atoms with van der Waals surface area (Å²) < 4.78 is 5.71. The molecule has 1 heterocycles. The van der Waals surface area contributed by atoms with E-state index in [0.29, 0.717) is 6.04 Å². The molecule has 0 spiro atoms. The van der Waals surface area contributed by atoms with Gasteiger partial charge >= 0.3 is 0 Å². The molecule has 0 saturated heterocycles. The third-order valence-corrected chi connectivity index (χ3v) is 4.02. The maximum atomic E-state index is 5.71. The average molecular weight is 235 g/mol. The number of rotatable bonds is 5. The van der Waals surface area contributed by atoms with Crippen molar-refractivity contribution in [2.24, 2.45) is 5.92 Å². The molecule has 1 aliphatic rings. The Labute approximate surface area is 105 Å². The van der Waals surface area contributed by atoms with Gasteiger partial charge in [-0.05, 0) is 37.8 Å². The Balaban J connectivity index is 1.76. The highest BCUT2D eigenvalue weighted by molar-refractivity contribution is 5.06. The van der Waals surface area contributed by atoms with Crippen LogP contribution in [0, 0.1) is 5.92 Å². The van der Waals surface area contributed by atoms with Crippen molar-refractivity contribution >= 4 is 0 Å². The summed E-state index contributed by atoms with van der Waals surface area (Å²) in [6, 6.07) is 4.80. The van der Waals surface area contributed by atoms with E-state index in [1.165, 1.54) is 32.1 Å². The monoisotopic (exact) mass is 235 g/mol. The summed E-state index contributed by atoms with van der Waals surface area (Å²) in [5.74, 6) is 3.03. The predicted molar refractivity (Wildman–Crippen MR) is 71.0 cm³/mol. The Kier molecular flexibility index (Phi) is 4.66. The van der Waals surface area contributed by atoms with E-state index in [2.05, 4.69) is 31.3 Å². The Morgan fingerprint density at radius 3 is 2.59 bits per heavy atom. The van der Waals surface area contributed by atoms with Crippen LogP contribution in [0.15, 0.2) is 16.5 Å². The lowest BCUT2D eigenvalue weighted by Crippen LogP contribution is -2.34. The van der Waals surface area contributed by atoms with Gasteiger partial charge in [0.05, 0.1) is 6.54 Å². The number of aryl methyl sites for hydroxylation is 1. The summed E-state index contributed by atoms with van der Waals surface area (Å²) in [4.78, 5) is 0. The van der Waals surface area contributed by atoms with Crippen LogP contribution in [0.5, 0.6) is 0 Å². The Bertz CT molecular complexity index is 325. The summed E-state index contributed by atoms with van der Waals surface area (Å²) in [7, 11) is 0. The lowest BCUT2D eigenvalue weighted by Gasteiger charge is -2.28. The molecule has 17 heavy (non-hydrogen) atoms. The molecule has 1 aromatic rings. The normalized spacial score (nSPS) is 19.4. The van der Waals surface area contributed by atoms with E-state index in [1.807, 2.05) is 0 Å². The van der Waals surface area contributed by atoms with Gasteiger partial charge in [-0.2, -0.15) is 0 Å². The molecule has 1 unspecified atom stereocenters. The molecule has 0 aromatic carbocycles. The van der Waals surface area contributed by atoms with Crippen LogP contribution in [-0.4, -0.2) is 6.04 Å². The summed E-state index contributed by atoms with van der Waals surface area (Å²) in [6.45, 7) is 5.32. The van der Waals surface area contributed by atoms with Gasteiger partial charge in [-0.25, -0.2) is 0 Å². The Hall–Kier alpha value is -0.760. The predicted octanol–water partition coefficient (Wildman–Crippen LogP) is 3.90. The van der Waals surface area contributed by atoms with Crippen LogP contribution in [0.2, 0.25) is 0 Å². The molecular formula is C15H25NO. The van der Waals surface area contributed by atoms with Gasteiger partial charge in [0.15, 0.2) is 0 Å². The first-order chi connectivity index (χ1) is 8.29. The fourth-order valence-electron chi connectivity index (χ4n) is 2.77. The van der Waals surface area contributed by atoms with Crippen molar-refractivity contribution in [3.63, 3.8) is 0 Å². The molecule has 96 valence electrons. The molecule has 1 aliphatic carbocycles. The summed E-state index contributed by atoms with van der Waals surface area (Å²) >= 11 is 0. The van der Waals surface area contributed by atoms with Crippen molar-refractivity contribution in [3.05, 3.63) is 23.7 Å². The SMILES string of the molecule is CCc1ccc(CNC(C)C2CCCCC2)o1. The van der Waals surface area contributed by atoms with E-state index in [1.54, 1.807) is 0 Å². The van der Waals surface area contributed by atoms with Gasteiger partial charge in [-0.15, -0.1) is 0 Å². The van der Waals surface area contributed by atoms with Crippen LogP contribution in [0.25, 0.3) is 0 Å². The molecule has 0 bridgehead atoms. The van der Waals surface area contributed by atoms with Gasteiger partial charge in [0.2, 0.25) is 0 Å². The second kappa shape index (κ2) is 6.25. The maximum Gasteiger partial charge on any atom is 0.117 e. The molecule has 0 radical (unpaired) electrons. The minimum Gasteiger partial charge on any atom is -0.465 e. The van der Waals surface area contributed by atoms with E-state index in [0.717, 1.165) is 30.4 Å². The highest BCUT2D eigenvalue weighted by Gasteiger charge is 2.19. The molecule has 1 aromatic heterocycles. The number of hydrogen-bond acceptors (Lipinski definition) is 2. The van der Waals surface area contributed by atoms with E-state index < -0.39 is 0 Å². The molecule has 2 heteroatoms. The first-order valence-electron chi connectivity index (χ1n) is 7.10. The van der Waals surface area contributed by atoms with Crippen molar-refractivity contribution < 1.29 is 4.42 Å². The molecule has 0 amide bonds. The van der Waals surface area contributed by atoms with E-state index in [9.17, 15) is 0 Å². The summed E-state index contributed by atoms with van der Waals surface area (Å²) in [5.41, 5.74) is 0. The maximum absolute atomic E-state index is 5.71. The highest BCUT2D eigenvalue weighted by atomic mass is 16.3. The van der Waals surface area contributed by atoms with Crippen molar-refractivity contribution in [2.45, 2.75) is 65.0 Å². The molecule has 1 N–H and O–H groups in total. The molecule has 0 aliphatic heterocycles. The zero-order valence-electron chi connectivity index (χ0n) is 11.2. The molecule has 1 fully saturated rings. The standard InChI is InChI=1S/C15H25NO/c1-3-14-9-10-15(17-14)11-16-12(2)13-7-5-4-6-8-13/h9-10,12-13,16H,3-8,11H2,1-2H3. The van der Waals surface area contributed by atoms with Crippen molar-refractivity contribution in [2.75, 3.05) is 0 Å². The number of hydrogen-bond donors (Lipinski definition) is 1. The third-order valence-electron chi connectivity index (χ3n) is 4.02. The van der Waals surface area contributed by atoms with Crippen LogP contribution in [-0.2, 0) is 13.0 Å². The largest absolute Gasteiger partial charge is 0.465 e. The first kappa shape index (κ1) is 12.7. The van der Waals surface area contributed by atoms with Crippen LogP contribution in [0.3, 0.4) is 0 Å². The average Bonchev–Trinajstić information content (AvgIpc) is 2.85. The molecule has 1 saturated carbocycles. The van der Waals surface area contributed by atoms with Crippen molar-refractivity contribution in [3.8, 4) is 0 Å². The number of furan rings is 1. The lowest BCUT2D eigenvalue weighted by molar-refractivity contribution is 0.275. The second-order valence-electron chi connectivity index (χ2n) is 5.29. The van der Waals surface area contributed by atoms with Crippen LogP contribution >= 0.6 is 0 Å². The minimum absolute atomic E-state index is 0.616. The molecule has 2 rings (SSSR count). The van der Waals surface area contributed by atoms with E-state index in [-0.39, 0.29) is 0 Å². The zero-order valence-corrected chi connectivity index (χ0v) is 11.2. The van der Waals surface area contributed by atoms with Gasteiger partial charge in [-0.1, -0.05) is 26.2 Å². The lowest BCUT2D eigenvalue weighted by atomic mass is 9.84. The fourth-order valence-corrected chi connectivity index (χ4v) is 2.77. The Morgan fingerprint density at radius 1 is 1.24 bits per heavy atom. The second-order valence-corrected chi connectivity index (χ2v) is 5.29. The van der Waals surface area contributed by atoms with Crippen molar-refractivity contribution in [1.82, 2.24) is 5.32 Å². The molecule has 2 nitrogen and oxygen atoms in total. The number of nitrogens with one attached hydrogen (secondary N) is 1. The van der Waals surface area contributed by atoms with Gasteiger partial charge in [-0.3, -0.25) is 0 Å². The van der Waals surface area contributed by atoms with Crippen LogP contribution < -0.4 is 5.32 Å². The van der Waals surface area contributed by atoms with Gasteiger partial charge in [0.25, 0.3) is 0 Å². The summed E-state index contributed by atoms with van der Waals surface area (Å²) in [5, 5.41) is 3.61. The van der Waals surface area contributed by atoms with Gasteiger partial charge < -0.3 is 9.73 Å². The summed E-state index contributed by atoms with van der Waals surface area (Å²) in [6.07, 6.45) is 8.04. The smallest absolute Gasteiger partial charge is 0.117 e. The Morgan fingerprint density at radius 2 is 1.94 bits per heavy atom. The van der Waals surface area contributed by atoms with Gasteiger partial charge in [0.1, 0.15) is 11.5 Å². The van der Waals surface area contributed by atoms with Crippen LogP contribution in [0.4, 0.5) is 0 Å². The third kappa shape index (κ3) is 3.60. The van der Waals surface area contributed by atoms with E-state index >= 15 is 0 Å². The van der Waals surface area contributed by atoms with E-state index in [4.69, 9.17) is 4.42 Å². The topological polar surface area (TPSA) is 25.2 Å². The molecule has 1 atom stereocenters. The fraction of sp³-hybridized carbons (Fsp3) is 0.733. The quantitative estimate of drug-likeness (QED) is 0.837. The molecular weight excluding hydrogens is 210 g/mol. The zero-order chi connectivity index (χ0) is 12.1. The van der Waals surface area contributed by atoms with Gasteiger partial charge in [0, 0.05) is 12.5 Å². The highest BCUT2D eigenvalue weighted by Crippen LogP contribution is 2.26. The first-order valence-corrected chi connectivity index (χ1v) is 7.10.